The zero-order chi connectivity index (χ0) is 12.8. The number of nitrogens with zero attached hydrogens (tertiary/aromatic N) is 1. The molecule has 6 heteroatoms. The summed E-state index contributed by atoms with van der Waals surface area (Å²) in [5.41, 5.74) is 0.461. The summed E-state index contributed by atoms with van der Waals surface area (Å²) in [5, 5.41) is 15.8. The standard InChI is InChI=1S/C10H7NO3.CHO2/c12-8-3-1-7(2-4-8)11-9(13)5-6-10(11)14;2-1-3/h1-6,12H;(H,2,3). The summed E-state index contributed by atoms with van der Waals surface area (Å²) in [7, 11) is 0. The number of carbonyl (C=O) groups excluding carboxylic acids is 2. The van der Waals surface area contributed by atoms with E-state index in [0.29, 0.717) is 12.2 Å². The maximum Gasteiger partial charge on any atom is 0.414 e. The van der Waals surface area contributed by atoms with Crippen LogP contribution in [0.2, 0.25) is 0 Å². The van der Waals surface area contributed by atoms with Gasteiger partial charge in [0.25, 0.3) is 11.8 Å². The number of phenolic OH excluding ortho intramolecular Hbond substituents is 1. The number of hydrogen-bond acceptors (Lipinski definition) is 4. The van der Waals surface area contributed by atoms with Crippen LogP contribution < -0.4 is 4.90 Å². The van der Waals surface area contributed by atoms with Crippen molar-refractivity contribution in [2.45, 2.75) is 0 Å². The maximum atomic E-state index is 11.2. The van der Waals surface area contributed by atoms with Gasteiger partial charge in [-0.15, -0.1) is 0 Å². The van der Waals surface area contributed by atoms with Gasteiger partial charge in [0, 0.05) is 12.2 Å². The molecule has 17 heavy (non-hydrogen) atoms. The van der Waals surface area contributed by atoms with Crippen LogP contribution in [-0.2, 0) is 14.4 Å². The van der Waals surface area contributed by atoms with E-state index >= 15 is 0 Å². The van der Waals surface area contributed by atoms with Gasteiger partial charge in [-0.05, 0) is 24.3 Å². The topological polar surface area (TPSA) is 94.9 Å². The molecule has 1 aromatic rings. The lowest BCUT2D eigenvalue weighted by molar-refractivity contribution is -0.119. The minimum Gasteiger partial charge on any atom is -0.508 e. The van der Waals surface area contributed by atoms with E-state index in [-0.39, 0.29) is 17.6 Å². The second kappa shape index (κ2) is 5.45. The third kappa shape index (κ3) is 2.91. The van der Waals surface area contributed by atoms with Crippen molar-refractivity contribution in [1.82, 2.24) is 0 Å². The fraction of sp³-hybridized carbons (Fsp3) is 0. The van der Waals surface area contributed by atoms with E-state index in [0.717, 1.165) is 4.90 Å². The molecule has 1 aliphatic heterocycles. The van der Waals surface area contributed by atoms with Crippen LogP contribution in [0, 0.1) is 0 Å². The molecule has 0 atom stereocenters. The van der Waals surface area contributed by atoms with E-state index < -0.39 is 0 Å². The van der Waals surface area contributed by atoms with Gasteiger partial charge in [-0.3, -0.25) is 9.59 Å². The van der Waals surface area contributed by atoms with E-state index in [1.54, 1.807) is 0 Å². The Labute approximate surface area is 96.4 Å². The molecule has 0 spiro atoms. The van der Waals surface area contributed by atoms with Gasteiger partial charge in [0.05, 0.1) is 5.69 Å². The average Bonchev–Trinajstić information content (AvgIpc) is 2.62. The van der Waals surface area contributed by atoms with Crippen molar-refractivity contribution < 1.29 is 24.6 Å². The largest absolute Gasteiger partial charge is 0.508 e. The molecule has 1 radical (unpaired) electrons. The number of amides is 2. The van der Waals surface area contributed by atoms with Gasteiger partial charge < -0.3 is 10.2 Å². The highest BCUT2D eigenvalue weighted by Crippen LogP contribution is 2.21. The predicted octanol–water partition coefficient (Wildman–Crippen LogP) is 0.433. The normalized spacial score (nSPS) is 13.3. The molecule has 0 aliphatic carbocycles. The molecule has 0 saturated carbocycles. The van der Waals surface area contributed by atoms with Crippen molar-refractivity contribution in [3.05, 3.63) is 36.4 Å². The Morgan fingerprint density at radius 2 is 1.41 bits per heavy atom. The monoisotopic (exact) mass is 234 g/mol. The van der Waals surface area contributed by atoms with Crippen molar-refractivity contribution in [1.29, 1.82) is 0 Å². The highest BCUT2D eigenvalue weighted by atomic mass is 16.3. The second-order valence-electron chi connectivity index (χ2n) is 2.95. The SMILES string of the molecule is O=C1C=CC(=O)N1c1ccc(O)cc1.O=[C]O. The van der Waals surface area contributed by atoms with Gasteiger partial charge >= 0.3 is 6.47 Å². The fourth-order valence-corrected chi connectivity index (χ4v) is 1.26. The predicted molar refractivity (Wildman–Crippen MR) is 58.1 cm³/mol. The molecule has 1 heterocycles. The van der Waals surface area contributed by atoms with E-state index in [2.05, 4.69) is 0 Å². The highest BCUT2D eigenvalue weighted by Gasteiger charge is 2.24. The van der Waals surface area contributed by atoms with Crippen LogP contribution in [0.15, 0.2) is 36.4 Å². The number of anilines is 1. The van der Waals surface area contributed by atoms with Crippen LogP contribution in [0.3, 0.4) is 0 Å². The quantitative estimate of drug-likeness (QED) is 0.687. The van der Waals surface area contributed by atoms with Crippen molar-refractivity contribution in [3.8, 4) is 5.75 Å². The molecule has 0 bridgehead atoms. The summed E-state index contributed by atoms with van der Waals surface area (Å²) in [4.78, 5) is 31.7. The van der Waals surface area contributed by atoms with Gasteiger partial charge in [0.15, 0.2) is 0 Å². The van der Waals surface area contributed by atoms with Crippen molar-refractivity contribution in [3.63, 3.8) is 0 Å². The summed E-state index contributed by atoms with van der Waals surface area (Å²) in [6.07, 6.45) is 2.43. The summed E-state index contributed by atoms with van der Waals surface area (Å²) in [6.45, 7) is 0.500. The zero-order valence-corrected chi connectivity index (χ0v) is 8.53. The number of aliphatic hydroxyl groups excluding tert-OH is 1. The van der Waals surface area contributed by atoms with Crippen molar-refractivity contribution >= 4 is 24.0 Å². The van der Waals surface area contributed by atoms with Crippen LogP contribution in [0.1, 0.15) is 0 Å². The Kier molecular flexibility index (Phi) is 3.99. The maximum absolute atomic E-state index is 11.2. The van der Waals surface area contributed by atoms with E-state index in [1.807, 2.05) is 0 Å². The number of carbonyl (C=O) groups is 2. The Hall–Kier alpha value is -2.63. The van der Waals surface area contributed by atoms with Gasteiger partial charge in [0.1, 0.15) is 5.75 Å². The Balaban J connectivity index is 0.000000437. The molecule has 0 fully saturated rings. The molecule has 2 N–H and O–H groups in total. The molecule has 6 nitrogen and oxygen atoms in total. The fourth-order valence-electron chi connectivity index (χ4n) is 1.26. The molecule has 1 aliphatic rings. The minimum atomic E-state index is -0.360. The lowest BCUT2D eigenvalue weighted by Gasteiger charge is -2.13. The summed E-state index contributed by atoms with van der Waals surface area (Å²) in [5.74, 6) is -0.623. The van der Waals surface area contributed by atoms with Crippen molar-refractivity contribution in [2.75, 3.05) is 4.90 Å². The smallest absolute Gasteiger partial charge is 0.414 e. The third-order valence-electron chi connectivity index (χ3n) is 1.92. The number of hydrogen-bond donors (Lipinski definition) is 2. The first kappa shape index (κ1) is 12.4. The Morgan fingerprint density at radius 1 is 1.00 bits per heavy atom. The summed E-state index contributed by atoms with van der Waals surface area (Å²) >= 11 is 0. The Morgan fingerprint density at radius 3 is 1.82 bits per heavy atom. The first-order valence-electron chi connectivity index (χ1n) is 4.46. The number of imide groups is 1. The van der Waals surface area contributed by atoms with Crippen LogP contribution in [0.25, 0.3) is 0 Å². The van der Waals surface area contributed by atoms with Gasteiger partial charge in [-0.1, -0.05) is 0 Å². The molecule has 0 unspecified atom stereocenters. The molecule has 87 valence electrons. The molecular formula is C11H8NO5. The van der Waals surface area contributed by atoms with Gasteiger partial charge in [-0.2, -0.15) is 0 Å². The number of rotatable bonds is 1. The van der Waals surface area contributed by atoms with Crippen LogP contribution in [0.5, 0.6) is 5.75 Å². The molecule has 1 aromatic carbocycles. The molecule has 0 aromatic heterocycles. The van der Waals surface area contributed by atoms with Gasteiger partial charge in [0.2, 0.25) is 0 Å². The first-order valence-corrected chi connectivity index (χ1v) is 4.46. The van der Waals surface area contributed by atoms with Gasteiger partial charge in [-0.25, -0.2) is 9.69 Å². The third-order valence-corrected chi connectivity index (χ3v) is 1.92. The number of benzene rings is 1. The minimum absolute atomic E-state index is 0.0980. The van der Waals surface area contributed by atoms with Crippen molar-refractivity contribution in [2.24, 2.45) is 0 Å². The van der Waals surface area contributed by atoms with E-state index in [9.17, 15) is 9.59 Å². The van der Waals surface area contributed by atoms with Crippen LogP contribution in [0.4, 0.5) is 5.69 Å². The van der Waals surface area contributed by atoms with E-state index in [1.165, 1.54) is 36.4 Å². The Bertz CT molecular complexity index is 445. The van der Waals surface area contributed by atoms with Crippen LogP contribution >= 0.6 is 0 Å². The molecule has 0 saturated heterocycles. The van der Waals surface area contributed by atoms with Crippen LogP contribution in [-0.4, -0.2) is 28.5 Å². The summed E-state index contributed by atoms with van der Waals surface area (Å²) < 4.78 is 0. The molecule has 2 rings (SSSR count). The first-order chi connectivity index (χ1) is 8.10. The molecular weight excluding hydrogens is 226 g/mol. The number of phenols is 1. The average molecular weight is 234 g/mol. The molecule has 2 amide bonds. The lowest BCUT2D eigenvalue weighted by Crippen LogP contribution is -2.29. The zero-order valence-electron chi connectivity index (χ0n) is 8.53. The number of aromatic hydroxyl groups is 1. The second-order valence-corrected chi connectivity index (χ2v) is 2.95. The highest BCUT2D eigenvalue weighted by molar-refractivity contribution is 6.28. The summed E-state index contributed by atoms with van der Waals surface area (Å²) in [6, 6.07) is 5.87. The van der Waals surface area contributed by atoms with E-state index in [4.69, 9.17) is 15.0 Å². The lowest BCUT2D eigenvalue weighted by atomic mass is 10.3.